The molecule has 1 heterocycles. The zero-order valence-electron chi connectivity index (χ0n) is 15.9. The lowest BCUT2D eigenvalue weighted by molar-refractivity contribution is -0.127. The smallest absolute Gasteiger partial charge is 0.237 e. The fourth-order valence-corrected chi connectivity index (χ4v) is 4.91. The number of nitrogens with one attached hydrogen (secondary N) is 1. The number of anilines is 2. The van der Waals surface area contributed by atoms with Crippen molar-refractivity contribution in [3.05, 3.63) is 36.0 Å². The molecule has 148 valence electrons. The Balaban J connectivity index is 1.33. The van der Waals surface area contributed by atoms with Crippen molar-refractivity contribution in [1.29, 1.82) is 0 Å². The zero-order valence-corrected chi connectivity index (χ0v) is 17.5. The van der Waals surface area contributed by atoms with E-state index in [9.17, 15) is 4.79 Å². The van der Waals surface area contributed by atoms with Crippen molar-refractivity contribution in [2.24, 2.45) is 0 Å². The Morgan fingerprint density at radius 3 is 2.79 bits per heavy atom. The Kier molecular flexibility index (Phi) is 6.17. The van der Waals surface area contributed by atoms with E-state index in [0.717, 1.165) is 41.5 Å². The van der Waals surface area contributed by atoms with Gasteiger partial charge in [0, 0.05) is 17.4 Å². The monoisotopic (exact) mass is 416 g/mol. The normalized spacial score (nSPS) is 16.4. The van der Waals surface area contributed by atoms with E-state index in [4.69, 9.17) is 4.74 Å². The molecule has 4 rings (SSSR count). The number of nitrogens with zero attached hydrogens (tertiary/aromatic N) is 3. The second kappa shape index (κ2) is 8.96. The summed E-state index contributed by atoms with van der Waals surface area (Å²) in [5.74, 6) is 1.41. The van der Waals surface area contributed by atoms with Crippen LogP contribution in [0.5, 0.6) is 5.75 Å². The van der Waals surface area contributed by atoms with E-state index < -0.39 is 0 Å². The van der Waals surface area contributed by atoms with Crippen molar-refractivity contribution in [3.63, 3.8) is 0 Å². The summed E-state index contributed by atoms with van der Waals surface area (Å²) in [5.41, 5.74) is 2.16. The van der Waals surface area contributed by atoms with Gasteiger partial charge in [-0.25, -0.2) is 0 Å². The molecule has 2 aliphatic carbocycles. The molecule has 1 N–H and O–H groups in total. The predicted octanol–water partition coefficient (Wildman–Crippen LogP) is 4.83. The van der Waals surface area contributed by atoms with Crippen LogP contribution in [0.3, 0.4) is 0 Å². The van der Waals surface area contributed by atoms with E-state index >= 15 is 0 Å². The molecule has 0 spiro atoms. The number of carbonyl (C=O) groups is 1. The largest absolute Gasteiger partial charge is 0.497 e. The van der Waals surface area contributed by atoms with Gasteiger partial charge in [-0.1, -0.05) is 29.2 Å². The van der Waals surface area contributed by atoms with E-state index in [1.807, 2.05) is 24.3 Å². The first-order valence-corrected chi connectivity index (χ1v) is 11.4. The third-order valence-corrected chi connectivity index (χ3v) is 6.78. The number of hydrogen-bond acceptors (Lipinski definition) is 7. The van der Waals surface area contributed by atoms with Crippen LogP contribution in [0.2, 0.25) is 0 Å². The molecule has 0 aliphatic heterocycles. The first-order chi connectivity index (χ1) is 13.7. The molecule has 1 amide bonds. The van der Waals surface area contributed by atoms with Crippen molar-refractivity contribution in [2.45, 2.75) is 48.9 Å². The number of aromatic nitrogens is 2. The van der Waals surface area contributed by atoms with Gasteiger partial charge in [0.2, 0.25) is 11.0 Å². The van der Waals surface area contributed by atoms with Gasteiger partial charge in [0.1, 0.15) is 5.75 Å². The van der Waals surface area contributed by atoms with Crippen LogP contribution in [0.1, 0.15) is 38.5 Å². The zero-order chi connectivity index (χ0) is 19.3. The third kappa shape index (κ3) is 4.86. The van der Waals surface area contributed by atoms with Crippen molar-refractivity contribution in [2.75, 3.05) is 18.2 Å². The average molecular weight is 417 g/mol. The van der Waals surface area contributed by atoms with Gasteiger partial charge in [-0.3, -0.25) is 4.79 Å². The van der Waals surface area contributed by atoms with E-state index in [1.165, 1.54) is 41.6 Å². The Morgan fingerprint density at radius 1 is 1.29 bits per heavy atom. The topological polar surface area (TPSA) is 67.3 Å². The molecular formula is C20H24N4O2S2. The van der Waals surface area contributed by atoms with Gasteiger partial charge in [-0.05, 0) is 62.8 Å². The number of carbonyl (C=O) groups excluding carboxylic acids is 1. The maximum Gasteiger partial charge on any atom is 0.237 e. The van der Waals surface area contributed by atoms with E-state index in [2.05, 4.69) is 26.5 Å². The van der Waals surface area contributed by atoms with Crippen molar-refractivity contribution in [1.82, 2.24) is 15.1 Å². The fourth-order valence-electron chi connectivity index (χ4n) is 3.28. The third-order valence-electron chi connectivity index (χ3n) is 4.82. The van der Waals surface area contributed by atoms with Crippen LogP contribution in [0.15, 0.2) is 40.4 Å². The predicted molar refractivity (Wildman–Crippen MR) is 113 cm³/mol. The van der Waals surface area contributed by atoms with Crippen molar-refractivity contribution < 1.29 is 9.53 Å². The summed E-state index contributed by atoms with van der Waals surface area (Å²) in [6.45, 7) is 0. The molecular weight excluding hydrogens is 392 g/mol. The van der Waals surface area contributed by atoms with Gasteiger partial charge in [-0.15, -0.1) is 10.2 Å². The molecule has 2 aromatic rings. The standard InChI is InChI=1S/C20H24N4O2S2/c1-26-17-11-7-14(8-12-17)21-19-22-23-20(28-19)27-13-18(25)24(16-9-10-16)15-5-3-2-4-6-15/h5,7-8,11-12,16H,2-4,6,9-10,13H2,1H3,(H,21,22). The Bertz CT molecular complexity index is 846. The van der Waals surface area contributed by atoms with Crippen LogP contribution in [-0.4, -0.2) is 39.9 Å². The summed E-state index contributed by atoms with van der Waals surface area (Å²) >= 11 is 2.93. The maximum absolute atomic E-state index is 12.8. The molecule has 0 atom stereocenters. The molecule has 1 aromatic heterocycles. The van der Waals surface area contributed by atoms with Crippen molar-refractivity contribution in [3.8, 4) is 5.75 Å². The minimum absolute atomic E-state index is 0.195. The summed E-state index contributed by atoms with van der Waals surface area (Å²) in [5, 5.41) is 12.3. The number of thioether (sulfide) groups is 1. The number of allylic oxidation sites excluding steroid dienone is 2. The van der Waals surface area contributed by atoms with Gasteiger partial charge in [-0.2, -0.15) is 0 Å². The highest BCUT2D eigenvalue weighted by atomic mass is 32.2. The van der Waals surface area contributed by atoms with E-state index in [1.54, 1.807) is 7.11 Å². The van der Waals surface area contributed by atoms with Gasteiger partial charge >= 0.3 is 0 Å². The fraction of sp³-hybridized carbons (Fsp3) is 0.450. The number of ether oxygens (including phenoxy) is 1. The Labute approximate surface area is 173 Å². The maximum atomic E-state index is 12.8. The molecule has 0 bridgehead atoms. The lowest BCUT2D eigenvalue weighted by Crippen LogP contribution is -2.34. The molecule has 0 saturated heterocycles. The number of hydrogen-bond donors (Lipinski definition) is 1. The molecule has 1 saturated carbocycles. The average Bonchev–Trinajstić information content (AvgIpc) is 3.46. The van der Waals surface area contributed by atoms with E-state index in [-0.39, 0.29) is 5.91 Å². The van der Waals surface area contributed by atoms with Gasteiger partial charge in [0.25, 0.3) is 0 Å². The number of rotatable bonds is 8. The minimum atomic E-state index is 0.195. The lowest BCUT2D eigenvalue weighted by Gasteiger charge is -2.27. The molecule has 28 heavy (non-hydrogen) atoms. The minimum Gasteiger partial charge on any atom is -0.497 e. The first-order valence-electron chi connectivity index (χ1n) is 9.61. The van der Waals surface area contributed by atoms with Crippen LogP contribution in [0.25, 0.3) is 0 Å². The molecule has 8 heteroatoms. The van der Waals surface area contributed by atoms with Crippen LogP contribution < -0.4 is 10.1 Å². The van der Waals surface area contributed by atoms with E-state index in [0.29, 0.717) is 16.9 Å². The Morgan fingerprint density at radius 2 is 2.11 bits per heavy atom. The van der Waals surface area contributed by atoms with Crippen LogP contribution >= 0.6 is 23.1 Å². The summed E-state index contributed by atoms with van der Waals surface area (Å²) in [6, 6.07) is 8.07. The van der Waals surface area contributed by atoms with Crippen LogP contribution in [-0.2, 0) is 4.79 Å². The van der Waals surface area contributed by atoms with Crippen LogP contribution in [0.4, 0.5) is 10.8 Å². The quantitative estimate of drug-likeness (QED) is 0.622. The molecule has 2 aliphatic rings. The summed E-state index contributed by atoms with van der Waals surface area (Å²) in [7, 11) is 1.65. The summed E-state index contributed by atoms with van der Waals surface area (Å²) in [6.07, 6.45) is 9.06. The molecule has 0 radical (unpaired) electrons. The van der Waals surface area contributed by atoms with Gasteiger partial charge < -0.3 is 15.0 Å². The SMILES string of the molecule is COc1ccc(Nc2nnc(SCC(=O)N(C3=CCCCC3)C3CC3)s2)cc1. The molecule has 1 fully saturated rings. The second-order valence-electron chi connectivity index (χ2n) is 6.95. The molecule has 0 unspecified atom stereocenters. The van der Waals surface area contributed by atoms with Gasteiger partial charge in [0.15, 0.2) is 4.34 Å². The molecule has 1 aromatic carbocycles. The highest BCUT2D eigenvalue weighted by Crippen LogP contribution is 2.35. The van der Waals surface area contributed by atoms with Gasteiger partial charge in [0.05, 0.1) is 12.9 Å². The summed E-state index contributed by atoms with van der Waals surface area (Å²) in [4.78, 5) is 14.9. The second-order valence-corrected chi connectivity index (χ2v) is 9.15. The summed E-state index contributed by atoms with van der Waals surface area (Å²) < 4.78 is 5.97. The highest BCUT2D eigenvalue weighted by Gasteiger charge is 2.34. The first kappa shape index (κ1) is 19.3. The highest BCUT2D eigenvalue weighted by molar-refractivity contribution is 8.01. The lowest BCUT2D eigenvalue weighted by atomic mass is 10.0. The molecule has 6 nitrogen and oxygen atoms in total. The number of benzene rings is 1. The number of amides is 1. The van der Waals surface area contributed by atoms with Crippen LogP contribution in [0, 0.1) is 0 Å². The number of methoxy groups -OCH3 is 1. The van der Waals surface area contributed by atoms with Crippen molar-refractivity contribution >= 4 is 39.8 Å². The Hall–Kier alpha value is -2.06.